The molecule has 0 radical (unpaired) electrons. The van der Waals surface area contributed by atoms with E-state index in [-0.39, 0.29) is 4.72 Å². The van der Waals surface area contributed by atoms with Crippen LogP contribution in [0.4, 0.5) is 26.3 Å². The molecule has 1 N–H and O–H groups in total. The van der Waals surface area contributed by atoms with Gasteiger partial charge in [0.15, 0.2) is 0 Å². The number of hydrogen-bond acceptors (Lipinski definition) is 2. The molecule has 0 aromatic rings. The second kappa shape index (κ2) is 2.11. The van der Waals surface area contributed by atoms with Crippen LogP contribution in [0.1, 0.15) is 0 Å². The van der Waals surface area contributed by atoms with Crippen molar-refractivity contribution in [1.82, 2.24) is 4.72 Å². The Labute approximate surface area is 67.8 Å². The summed E-state index contributed by atoms with van der Waals surface area (Å²) in [6, 6.07) is -5.46. The van der Waals surface area contributed by atoms with Gasteiger partial charge in [-0.25, -0.2) is 8.42 Å². The summed E-state index contributed by atoms with van der Waals surface area (Å²) in [5.41, 5.74) is 0. The Morgan fingerprint density at radius 2 is 1.31 bits per heavy atom. The van der Waals surface area contributed by atoms with Gasteiger partial charge in [0, 0.05) is 0 Å². The van der Waals surface area contributed by atoms with Crippen molar-refractivity contribution in [2.75, 3.05) is 0 Å². The Kier molecular flexibility index (Phi) is 1.71. The van der Waals surface area contributed by atoms with Crippen molar-refractivity contribution in [1.29, 1.82) is 0 Å². The number of rotatable bonds is 0. The van der Waals surface area contributed by atoms with Gasteiger partial charge in [0.2, 0.25) is 0 Å². The lowest BCUT2D eigenvalue weighted by molar-refractivity contribution is -0.266. The van der Waals surface area contributed by atoms with Crippen molar-refractivity contribution >= 4 is 10.0 Å². The van der Waals surface area contributed by atoms with Crippen LogP contribution in [0, 0.1) is 0 Å². The van der Waals surface area contributed by atoms with E-state index in [4.69, 9.17) is 0 Å². The predicted molar refractivity (Wildman–Crippen MR) is 26.9 cm³/mol. The van der Waals surface area contributed by atoms with Gasteiger partial charge in [-0.3, -0.25) is 0 Å². The SMILES string of the molecule is O=S1(=O)NC(F)(F)C(F)(F)C1(F)F. The van der Waals surface area contributed by atoms with E-state index in [1.54, 1.807) is 0 Å². The molecule has 0 bridgehead atoms. The third kappa shape index (κ3) is 0.980. The first-order valence-electron chi connectivity index (χ1n) is 2.63. The Balaban J connectivity index is 3.42. The first-order valence-corrected chi connectivity index (χ1v) is 4.11. The van der Waals surface area contributed by atoms with E-state index < -0.39 is 27.2 Å². The number of halogens is 6. The van der Waals surface area contributed by atoms with Gasteiger partial charge in [0.1, 0.15) is 0 Å². The van der Waals surface area contributed by atoms with Gasteiger partial charge in [-0.15, -0.1) is 4.72 Å². The topological polar surface area (TPSA) is 46.2 Å². The second-order valence-corrected chi connectivity index (χ2v) is 3.99. The average Bonchev–Trinajstić information content (AvgIpc) is 1.88. The Morgan fingerprint density at radius 3 is 1.38 bits per heavy atom. The molecule has 0 unspecified atom stereocenters. The summed E-state index contributed by atoms with van der Waals surface area (Å²) in [7, 11) is -6.02. The Hall–Kier alpha value is -0.510. The van der Waals surface area contributed by atoms with Crippen molar-refractivity contribution < 1.29 is 34.8 Å². The highest BCUT2D eigenvalue weighted by Crippen LogP contribution is 2.52. The van der Waals surface area contributed by atoms with Gasteiger partial charge in [-0.1, -0.05) is 0 Å². The molecule has 1 heterocycles. The summed E-state index contributed by atoms with van der Waals surface area (Å²) in [5, 5.41) is -5.80. The van der Waals surface area contributed by atoms with E-state index in [0.29, 0.717) is 0 Å². The van der Waals surface area contributed by atoms with Gasteiger partial charge in [0.25, 0.3) is 10.0 Å². The molecule has 0 aromatic carbocycles. The van der Waals surface area contributed by atoms with Crippen LogP contribution >= 0.6 is 0 Å². The minimum atomic E-state index is -6.02. The molecule has 0 saturated carbocycles. The summed E-state index contributed by atoms with van der Waals surface area (Å²) in [5.74, 6) is -5.95. The fourth-order valence-corrected chi connectivity index (χ4v) is 1.71. The normalized spacial score (nSPS) is 33.1. The largest absolute Gasteiger partial charge is 0.428 e. The summed E-state index contributed by atoms with van der Waals surface area (Å²) in [6.45, 7) is 0. The highest BCUT2D eigenvalue weighted by molar-refractivity contribution is 7.91. The van der Waals surface area contributed by atoms with Crippen LogP contribution in [0.25, 0.3) is 0 Å². The van der Waals surface area contributed by atoms with Gasteiger partial charge < -0.3 is 0 Å². The minimum absolute atomic E-state index is 0.111. The molecule has 78 valence electrons. The molecule has 0 aromatic heterocycles. The van der Waals surface area contributed by atoms with Crippen LogP contribution in [0.5, 0.6) is 0 Å². The van der Waals surface area contributed by atoms with Crippen LogP contribution in [-0.4, -0.2) is 25.6 Å². The molecule has 3 nitrogen and oxygen atoms in total. The smallest absolute Gasteiger partial charge is 0.206 e. The first kappa shape index (κ1) is 10.6. The van der Waals surface area contributed by atoms with Crippen LogP contribution < -0.4 is 4.72 Å². The number of alkyl halides is 6. The van der Waals surface area contributed by atoms with Crippen LogP contribution in [-0.2, 0) is 10.0 Å². The maximum absolute atomic E-state index is 12.1. The average molecular weight is 229 g/mol. The lowest BCUT2D eigenvalue weighted by atomic mass is 10.3. The molecule has 0 amide bonds. The molecule has 1 aliphatic heterocycles. The first-order chi connectivity index (χ1) is 5.46. The summed E-state index contributed by atoms with van der Waals surface area (Å²) < 4.78 is 92.4. The Bertz CT molecular complexity index is 334. The number of sulfonamides is 1. The molecule has 1 aliphatic rings. The van der Waals surface area contributed by atoms with Crippen molar-refractivity contribution in [3.05, 3.63) is 0 Å². The molecule has 1 rings (SSSR count). The third-order valence-corrected chi connectivity index (χ3v) is 2.82. The van der Waals surface area contributed by atoms with Crippen molar-refractivity contribution in [3.8, 4) is 0 Å². The molecule has 1 fully saturated rings. The van der Waals surface area contributed by atoms with Gasteiger partial charge in [-0.2, -0.15) is 26.3 Å². The van der Waals surface area contributed by atoms with Gasteiger partial charge in [-0.05, 0) is 0 Å². The summed E-state index contributed by atoms with van der Waals surface area (Å²) in [4.78, 5) is 0. The van der Waals surface area contributed by atoms with E-state index in [9.17, 15) is 34.8 Å². The lowest BCUT2D eigenvalue weighted by Crippen LogP contribution is -2.49. The fraction of sp³-hybridized carbons (Fsp3) is 1.00. The predicted octanol–water partition coefficient (Wildman–Crippen LogP) is 0.740. The monoisotopic (exact) mass is 229 g/mol. The van der Waals surface area contributed by atoms with Crippen molar-refractivity contribution in [3.63, 3.8) is 0 Å². The molecular formula is C3HF6NO2S. The molecule has 0 spiro atoms. The summed E-state index contributed by atoms with van der Waals surface area (Å²) in [6.07, 6.45) is 0. The molecule has 10 heteroatoms. The van der Waals surface area contributed by atoms with Crippen LogP contribution in [0.3, 0.4) is 0 Å². The third-order valence-electron chi connectivity index (χ3n) is 1.36. The zero-order valence-corrected chi connectivity index (χ0v) is 6.31. The van der Waals surface area contributed by atoms with Gasteiger partial charge in [0.05, 0.1) is 0 Å². The lowest BCUT2D eigenvalue weighted by Gasteiger charge is -2.18. The maximum atomic E-state index is 12.1. The fourth-order valence-electron chi connectivity index (χ4n) is 0.648. The highest BCUT2D eigenvalue weighted by atomic mass is 32.2. The quantitative estimate of drug-likeness (QED) is 0.492. The van der Waals surface area contributed by atoms with E-state index in [2.05, 4.69) is 0 Å². The van der Waals surface area contributed by atoms with Crippen LogP contribution in [0.2, 0.25) is 0 Å². The maximum Gasteiger partial charge on any atom is 0.428 e. The van der Waals surface area contributed by atoms with Crippen LogP contribution in [0.15, 0.2) is 0 Å². The van der Waals surface area contributed by atoms with E-state index in [1.807, 2.05) is 0 Å². The Morgan fingerprint density at radius 1 is 0.923 bits per heavy atom. The molecule has 0 atom stereocenters. The molecular weight excluding hydrogens is 228 g/mol. The van der Waals surface area contributed by atoms with E-state index in [0.717, 1.165) is 0 Å². The summed E-state index contributed by atoms with van der Waals surface area (Å²) >= 11 is 0. The highest BCUT2D eigenvalue weighted by Gasteiger charge is 2.85. The van der Waals surface area contributed by atoms with Crippen molar-refractivity contribution in [2.45, 2.75) is 17.2 Å². The number of hydrogen-bond donors (Lipinski definition) is 1. The zero-order chi connectivity index (χ0) is 10.7. The minimum Gasteiger partial charge on any atom is -0.206 e. The zero-order valence-electron chi connectivity index (χ0n) is 5.49. The van der Waals surface area contributed by atoms with Gasteiger partial charge >= 0.3 is 17.2 Å². The van der Waals surface area contributed by atoms with E-state index >= 15 is 0 Å². The molecule has 0 aliphatic carbocycles. The number of nitrogens with one attached hydrogen (secondary N) is 1. The molecule has 13 heavy (non-hydrogen) atoms. The van der Waals surface area contributed by atoms with Crippen molar-refractivity contribution in [2.24, 2.45) is 0 Å². The second-order valence-electron chi connectivity index (χ2n) is 2.27. The standard InChI is InChI=1S/C3HF6NO2S/c4-1(5)2(6,7)10-13(11,12)3(1,8)9/h10H. The molecule has 1 saturated heterocycles. The van der Waals surface area contributed by atoms with E-state index in [1.165, 1.54) is 0 Å².